The number of aryl methyl sites for hydroxylation is 1. The minimum absolute atomic E-state index is 0. The summed E-state index contributed by atoms with van der Waals surface area (Å²) in [4.78, 5) is 13.5. The minimum atomic E-state index is -4.54. The summed E-state index contributed by atoms with van der Waals surface area (Å²) in [6.45, 7) is -8.75. The third-order valence-corrected chi connectivity index (χ3v) is 7.99. The van der Waals surface area contributed by atoms with Crippen LogP contribution in [0.3, 0.4) is 0 Å². The van der Waals surface area contributed by atoms with Crippen molar-refractivity contribution in [3.63, 3.8) is 0 Å². The van der Waals surface area contributed by atoms with Gasteiger partial charge in [0.1, 0.15) is 6.08 Å². The van der Waals surface area contributed by atoms with E-state index >= 15 is 0 Å². The molecule has 2 heterocycles. The van der Waals surface area contributed by atoms with Crippen LogP contribution in [0.4, 0.5) is 0 Å². The zero-order chi connectivity index (χ0) is 39.6. The molecule has 0 bridgehead atoms. The number of sulfonamides is 1. The molecule has 8 nitrogen and oxygen atoms in total. The molecule has 0 N–H and O–H groups in total. The van der Waals surface area contributed by atoms with E-state index in [9.17, 15) is 13.2 Å². The fourth-order valence-electron chi connectivity index (χ4n) is 4.19. The molecule has 0 spiro atoms. The summed E-state index contributed by atoms with van der Waals surface area (Å²) in [5.74, 6) is -8.62. The quantitative estimate of drug-likeness (QED) is 0.197. The first-order valence-corrected chi connectivity index (χ1v) is 13.6. The Kier molecular flexibility index (Phi) is 7.27. The molecule has 6 atom stereocenters. The number of esters is 1. The molecular weight excluding hydrogens is 541 g/mol. The number of hydrogen-bond donors (Lipinski definition) is 0. The van der Waals surface area contributed by atoms with Crippen LogP contribution in [0.25, 0.3) is 0 Å². The molecule has 2 aliphatic rings. The molecule has 0 amide bonds. The number of nitrogens with zero attached hydrogens (tertiary/aromatic N) is 1. The Morgan fingerprint density at radius 2 is 1.95 bits per heavy atom. The number of ether oxygens (including phenoxy) is 4. The molecule has 2 aromatic rings. The van der Waals surface area contributed by atoms with Crippen molar-refractivity contribution in [2.75, 3.05) is 26.2 Å². The van der Waals surface area contributed by atoms with Crippen LogP contribution in [0.15, 0.2) is 59.5 Å². The van der Waals surface area contributed by atoms with Crippen molar-refractivity contribution in [3.8, 4) is 0 Å². The van der Waals surface area contributed by atoms with E-state index in [0.717, 1.165) is 16.8 Å². The molecule has 2 aromatic carbocycles. The first kappa shape index (κ1) is 19.1. The number of fused-ring (bicyclic) bond motifs is 1. The zero-order valence-electron chi connectivity index (χ0n) is 35.6. The Hall–Kier alpha value is -1.30. The number of rotatable bonds is 13. The topological polar surface area (TPSA) is 91.4 Å². The molecule has 0 radical (unpaired) electrons. The largest absolute Gasteiger partial charge is 1.00 e. The SMILES string of the molecule is [2H]C([2H])([2H])C([2H])(C)CN(C[C@@H](O[CH2-])[C@@H](CC(=O)O[C@@]1([2H])C([2H])([2H])O[C@@]2([2H])OC([2H])([2H])C([2H])([2H])[C@]21[2H])Cc1ccccc1)S(=O)(=O)c1ccc(C)cc1.[Na+]. The molecule has 10 heteroatoms. The molecule has 0 aromatic heterocycles. The molecule has 214 valence electrons. The van der Waals surface area contributed by atoms with Crippen LogP contribution >= 0.6 is 0 Å². The van der Waals surface area contributed by atoms with Crippen LogP contribution in [-0.2, 0) is 40.2 Å². The molecule has 0 aliphatic carbocycles. The Morgan fingerprint density at radius 1 is 1.23 bits per heavy atom. The van der Waals surface area contributed by atoms with Gasteiger partial charge in [0, 0.05) is 28.8 Å². The Morgan fingerprint density at radius 3 is 2.62 bits per heavy atom. The van der Waals surface area contributed by atoms with E-state index in [0.29, 0.717) is 5.56 Å². The number of hydrogen-bond acceptors (Lipinski definition) is 7. The molecule has 1 unspecified atom stereocenters. The third kappa shape index (κ3) is 8.61. The van der Waals surface area contributed by atoms with Crippen LogP contribution < -0.4 is 29.6 Å². The van der Waals surface area contributed by atoms with E-state index in [1.165, 1.54) is 24.3 Å². The summed E-state index contributed by atoms with van der Waals surface area (Å²) in [5, 5.41) is 0. The van der Waals surface area contributed by atoms with E-state index in [2.05, 4.69) is 7.11 Å². The van der Waals surface area contributed by atoms with Gasteiger partial charge in [-0.05, 0) is 49.2 Å². The third-order valence-electron chi connectivity index (χ3n) is 6.17. The van der Waals surface area contributed by atoms with Crippen molar-refractivity contribution in [1.29, 1.82) is 0 Å². The van der Waals surface area contributed by atoms with Gasteiger partial charge in [0.15, 0.2) is 6.27 Å². The Balaban J connectivity index is 0.00000756. The Bertz CT molecular complexity index is 1740. The van der Waals surface area contributed by atoms with Crippen molar-refractivity contribution >= 4 is 16.0 Å². The maximum Gasteiger partial charge on any atom is 1.00 e. The Labute approximate surface area is 279 Å². The summed E-state index contributed by atoms with van der Waals surface area (Å²) >= 11 is 0. The molecule has 2 saturated heterocycles. The van der Waals surface area contributed by atoms with Gasteiger partial charge in [-0.3, -0.25) is 4.79 Å². The van der Waals surface area contributed by atoms with Crippen molar-refractivity contribution < 1.29 is 79.5 Å². The zero-order valence-corrected chi connectivity index (χ0v) is 25.4. The summed E-state index contributed by atoms with van der Waals surface area (Å²) in [6, 6.07) is 14.0. The van der Waals surface area contributed by atoms with Gasteiger partial charge in [-0.1, -0.05) is 61.8 Å². The number of carbonyl (C=O) groups excluding carboxylic acids is 1. The predicted octanol–water partition coefficient (Wildman–Crippen LogP) is 1.38. The van der Waals surface area contributed by atoms with Gasteiger partial charge in [0.05, 0.1) is 38.6 Å². The smallest absolute Gasteiger partial charge is 0.552 e. The standard InChI is InChI=1S/C30H40NO7S.Na/c1-21(2)18-31(39(33,34)25-12-10-22(3)11-13-25)19-27(35-4)24(16-23-8-6-5-7-9-23)17-29(32)38-28-20-37-30-26(28)14-15-36-30;/h5-13,21,24,26-28,30H,4,14-20H2,1-3H3;/q-1;+1/t24-,26+,27-,28+,30-;/m1./s1/i1D3,14D2,15D2,20D2,21D,26D,28D,30D;/t21?,24-,26+,27-,28+,30-;. The fraction of sp³-hybridized carbons (Fsp3) is 0.533. The van der Waals surface area contributed by atoms with Crippen LogP contribution in [-0.4, -0.2) is 63.3 Å². The van der Waals surface area contributed by atoms with E-state index in [4.69, 9.17) is 36.8 Å². The van der Waals surface area contributed by atoms with E-state index in [1.54, 1.807) is 37.3 Å². The van der Waals surface area contributed by atoms with Gasteiger partial charge in [-0.15, -0.1) is 0 Å². The summed E-state index contributed by atoms with van der Waals surface area (Å²) in [6.07, 6.45) is -13.2. The number of carbonyl (C=O) groups is 1. The predicted molar refractivity (Wildman–Crippen MR) is 147 cm³/mol. The second-order valence-electron chi connectivity index (χ2n) is 9.25. The van der Waals surface area contributed by atoms with Crippen molar-refractivity contribution in [2.24, 2.45) is 17.7 Å². The van der Waals surface area contributed by atoms with Crippen LogP contribution in [0.2, 0.25) is 0 Å². The second kappa shape index (κ2) is 15.3. The van der Waals surface area contributed by atoms with Crippen LogP contribution in [0, 0.1) is 31.7 Å². The van der Waals surface area contributed by atoms with Crippen molar-refractivity contribution in [3.05, 3.63) is 72.8 Å². The van der Waals surface area contributed by atoms with Crippen molar-refractivity contribution in [2.45, 2.75) is 63.3 Å². The van der Waals surface area contributed by atoms with Crippen LogP contribution in [0.5, 0.6) is 0 Å². The maximum atomic E-state index is 14.0. The first-order valence-electron chi connectivity index (χ1n) is 18.7. The van der Waals surface area contributed by atoms with Gasteiger partial charge in [0.2, 0.25) is 10.0 Å². The fourth-order valence-corrected chi connectivity index (χ4v) is 5.68. The normalized spacial score (nSPS) is 38.0. The molecular formula is C30H40NNaO7S. The summed E-state index contributed by atoms with van der Waals surface area (Å²) in [7, 11) is -1.09. The van der Waals surface area contributed by atoms with Gasteiger partial charge in [-0.2, -0.15) is 4.31 Å². The first-order chi connectivity index (χ1) is 23.5. The van der Waals surface area contributed by atoms with Gasteiger partial charge >= 0.3 is 35.5 Å². The molecule has 2 fully saturated rings. The average molecular weight is 595 g/mol. The second-order valence-corrected chi connectivity index (χ2v) is 11.2. The summed E-state index contributed by atoms with van der Waals surface area (Å²) < 4.78 is 156. The van der Waals surface area contributed by atoms with Gasteiger partial charge in [-0.25, -0.2) is 15.5 Å². The maximum absolute atomic E-state index is 14.0. The van der Waals surface area contributed by atoms with E-state index < -0.39 is 98.0 Å². The van der Waals surface area contributed by atoms with E-state index in [-0.39, 0.29) is 40.9 Å². The van der Waals surface area contributed by atoms with Gasteiger partial charge in [0.25, 0.3) is 0 Å². The van der Waals surface area contributed by atoms with Crippen molar-refractivity contribution in [1.82, 2.24) is 4.31 Å². The summed E-state index contributed by atoms with van der Waals surface area (Å²) in [5.41, 5.74) is 1.30. The monoisotopic (exact) mass is 594 g/mol. The molecule has 0 saturated carbocycles. The van der Waals surface area contributed by atoms with Crippen LogP contribution in [0.1, 0.15) is 55.5 Å². The van der Waals surface area contributed by atoms with Gasteiger partial charge < -0.3 is 18.9 Å². The molecule has 2 aliphatic heterocycles. The minimum Gasteiger partial charge on any atom is -0.552 e. The average Bonchev–Trinajstić information content (AvgIpc) is 3.19. The molecule has 4 rings (SSSR count). The number of benzene rings is 2. The molecule has 40 heavy (non-hydrogen) atoms. The van der Waals surface area contributed by atoms with E-state index in [1.807, 2.05) is 0 Å².